The van der Waals surface area contributed by atoms with Crippen LogP contribution in [0.4, 0.5) is 0 Å². The Hall–Kier alpha value is -2.08. The highest BCUT2D eigenvalue weighted by atomic mass is 16.5. The van der Waals surface area contributed by atoms with E-state index in [1.54, 1.807) is 12.1 Å². The monoisotopic (exact) mass is 358 g/mol. The van der Waals surface area contributed by atoms with Crippen molar-refractivity contribution in [3.05, 3.63) is 29.8 Å². The van der Waals surface area contributed by atoms with Gasteiger partial charge in [0.1, 0.15) is 11.9 Å². The number of amides is 2. The van der Waals surface area contributed by atoms with Crippen molar-refractivity contribution in [1.82, 2.24) is 10.2 Å². The van der Waals surface area contributed by atoms with Crippen LogP contribution in [0.1, 0.15) is 42.5 Å². The SMILES string of the molecule is O=C(N[C@H]1CCOC1)c1cccc(OC2CCN(C(=O)C3CC3)CC2)c1. The molecule has 3 fully saturated rings. The average molecular weight is 358 g/mol. The third-order valence-corrected chi connectivity index (χ3v) is 5.34. The van der Waals surface area contributed by atoms with Gasteiger partial charge in [-0.25, -0.2) is 0 Å². The van der Waals surface area contributed by atoms with Gasteiger partial charge in [-0.1, -0.05) is 6.07 Å². The molecule has 2 saturated heterocycles. The van der Waals surface area contributed by atoms with E-state index >= 15 is 0 Å². The highest BCUT2D eigenvalue weighted by molar-refractivity contribution is 5.94. The summed E-state index contributed by atoms with van der Waals surface area (Å²) in [6, 6.07) is 7.43. The van der Waals surface area contributed by atoms with Crippen LogP contribution in [-0.2, 0) is 9.53 Å². The molecule has 1 N–H and O–H groups in total. The third kappa shape index (κ3) is 4.18. The molecule has 140 valence electrons. The molecule has 1 atom stereocenters. The smallest absolute Gasteiger partial charge is 0.251 e. The van der Waals surface area contributed by atoms with Crippen molar-refractivity contribution in [1.29, 1.82) is 0 Å². The van der Waals surface area contributed by atoms with Crippen LogP contribution in [0.2, 0.25) is 0 Å². The van der Waals surface area contributed by atoms with E-state index in [2.05, 4.69) is 5.32 Å². The lowest BCUT2D eigenvalue weighted by atomic mass is 10.1. The Labute approximate surface area is 153 Å². The van der Waals surface area contributed by atoms with Crippen molar-refractivity contribution in [3.8, 4) is 5.75 Å². The molecule has 0 unspecified atom stereocenters. The highest BCUT2D eigenvalue weighted by Crippen LogP contribution is 2.32. The molecule has 0 aromatic heterocycles. The molecule has 1 aliphatic carbocycles. The van der Waals surface area contributed by atoms with Crippen molar-refractivity contribution in [3.63, 3.8) is 0 Å². The predicted molar refractivity (Wildman–Crippen MR) is 96.1 cm³/mol. The zero-order chi connectivity index (χ0) is 17.9. The number of carbonyl (C=O) groups is 2. The largest absolute Gasteiger partial charge is 0.490 e. The van der Waals surface area contributed by atoms with E-state index in [4.69, 9.17) is 9.47 Å². The maximum atomic E-state index is 12.4. The topological polar surface area (TPSA) is 67.9 Å². The van der Waals surface area contributed by atoms with E-state index in [0.29, 0.717) is 30.4 Å². The first-order valence-electron chi connectivity index (χ1n) is 9.63. The zero-order valence-electron chi connectivity index (χ0n) is 15.0. The molecule has 1 aromatic carbocycles. The molecule has 0 radical (unpaired) electrons. The number of piperidine rings is 1. The zero-order valence-corrected chi connectivity index (χ0v) is 15.0. The van der Waals surface area contributed by atoms with Gasteiger partial charge in [-0.3, -0.25) is 9.59 Å². The van der Waals surface area contributed by atoms with E-state index in [-0.39, 0.29) is 24.0 Å². The Balaban J connectivity index is 1.29. The lowest BCUT2D eigenvalue weighted by molar-refractivity contribution is -0.134. The molecule has 1 aromatic rings. The van der Waals surface area contributed by atoms with Crippen molar-refractivity contribution < 1.29 is 19.1 Å². The molecule has 2 heterocycles. The Bertz CT molecular complexity index is 660. The van der Waals surface area contributed by atoms with E-state index < -0.39 is 0 Å². The standard InChI is InChI=1S/C20H26N2O4/c23-19(21-16-8-11-25-13-16)15-2-1-3-18(12-15)26-17-6-9-22(10-7-17)20(24)14-4-5-14/h1-3,12,14,16-17H,4-11,13H2,(H,21,23)/t16-/m0/s1. The van der Waals surface area contributed by atoms with Crippen LogP contribution in [0.15, 0.2) is 24.3 Å². The summed E-state index contributed by atoms with van der Waals surface area (Å²) in [4.78, 5) is 26.5. The van der Waals surface area contributed by atoms with Gasteiger partial charge in [0.25, 0.3) is 5.91 Å². The lowest BCUT2D eigenvalue weighted by Gasteiger charge is -2.32. The van der Waals surface area contributed by atoms with E-state index in [0.717, 1.165) is 45.2 Å². The quantitative estimate of drug-likeness (QED) is 0.874. The number of nitrogens with one attached hydrogen (secondary N) is 1. The fourth-order valence-electron chi connectivity index (χ4n) is 3.60. The summed E-state index contributed by atoms with van der Waals surface area (Å²) in [7, 11) is 0. The number of ether oxygens (including phenoxy) is 2. The molecule has 2 amide bonds. The number of carbonyl (C=O) groups excluding carboxylic acids is 2. The fourth-order valence-corrected chi connectivity index (χ4v) is 3.60. The van der Waals surface area contributed by atoms with Gasteiger partial charge < -0.3 is 19.7 Å². The van der Waals surface area contributed by atoms with Crippen LogP contribution in [0.3, 0.4) is 0 Å². The van der Waals surface area contributed by atoms with Crippen molar-refractivity contribution >= 4 is 11.8 Å². The van der Waals surface area contributed by atoms with Gasteiger partial charge in [-0.2, -0.15) is 0 Å². The van der Waals surface area contributed by atoms with Gasteiger partial charge in [0, 0.05) is 44.0 Å². The average Bonchev–Trinajstić information content (AvgIpc) is 3.39. The molecule has 6 heteroatoms. The molecule has 2 aliphatic heterocycles. The number of likely N-dealkylation sites (tertiary alicyclic amines) is 1. The normalized spacial score (nSPS) is 23.7. The molecule has 3 aliphatic rings. The molecule has 0 bridgehead atoms. The van der Waals surface area contributed by atoms with Crippen molar-refractivity contribution in [2.45, 2.75) is 44.2 Å². The summed E-state index contributed by atoms with van der Waals surface area (Å²) in [5, 5.41) is 3.00. The highest BCUT2D eigenvalue weighted by Gasteiger charge is 2.35. The number of hydrogen-bond acceptors (Lipinski definition) is 4. The van der Waals surface area contributed by atoms with E-state index in [1.807, 2.05) is 17.0 Å². The van der Waals surface area contributed by atoms with Crippen LogP contribution in [0.25, 0.3) is 0 Å². The molecular formula is C20H26N2O4. The molecular weight excluding hydrogens is 332 g/mol. The Morgan fingerprint density at radius 3 is 2.62 bits per heavy atom. The summed E-state index contributed by atoms with van der Waals surface area (Å²) in [5.41, 5.74) is 0.607. The van der Waals surface area contributed by atoms with E-state index in [9.17, 15) is 9.59 Å². The number of benzene rings is 1. The minimum absolute atomic E-state index is 0.0872. The number of hydrogen-bond donors (Lipinski definition) is 1. The Morgan fingerprint density at radius 1 is 1.12 bits per heavy atom. The second kappa shape index (κ2) is 7.66. The second-order valence-electron chi connectivity index (χ2n) is 7.48. The first kappa shape index (κ1) is 17.3. The minimum atomic E-state index is -0.0872. The molecule has 0 spiro atoms. The van der Waals surface area contributed by atoms with Gasteiger partial charge >= 0.3 is 0 Å². The first-order chi connectivity index (χ1) is 12.7. The summed E-state index contributed by atoms with van der Waals surface area (Å²) in [5.74, 6) is 1.23. The van der Waals surface area contributed by atoms with Crippen LogP contribution in [-0.4, -0.2) is 55.2 Å². The number of nitrogens with zero attached hydrogens (tertiary/aromatic N) is 1. The third-order valence-electron chi connectivity index (χ3n) is 5.34. The van der Waals surface area contributed by atoms with Crippen molar-refractivity contribution in [2.24, 2.45) is 5.92 Å². The summed E-state index contributed by atoms with van der Waals surface area (Å²) < 4.78 is 11.4. The van der Waals surface area contributed by atoms with Gasteiger partial charge in [0.2, 0.25) is 5.91 Å². The fraction of sp³-hybridized carbons (Fsp3) is 0.600. The van der Waals surface area contributed by atoms with Crippen LogP contribution < -0.4 is 10.1 Å². The maximum absolute atomic E-state index is 12.4. The van der Waals surface area contributed by atoms with Gasteiger partial charge in [-0.05, 0) is 37.5 Å². The number of rotatable bonds is 5. The van der Waals surface area contributed by atoms with Gasteiger partial charge in [0.15, 0.2) is 0 Å². The lowest BCUT2D eigenvalue weighted by Crippen LogP contribution is -2.42. The second-order valence-corrected chi connectivity index (χ2v) is 7.48. The predicted octanol–water partition coefficient (Wildman–Crippen LogP) is 1.99. The molecule has 6 nitrogen and oxygen atoms in total. The Kier molecular flexibility index (Phi) is 5.11. The molecule has 4 rings (SSSR count). The van der Waals surface area contributed by atoms with Crippen LogP contribution in [0, 0.1) is 5.92 Å². The van der Waals surface area contributed by atoms with Gasteiger partial charge in [0.05, 0.1) is 12.6 Å². The summed E-state index contributed by atoms with van der Waals surface area (Å²) in [6.45, 7) is 2.82. The summed E-state index contributed by atoms with van der Waals surface area (Å²) in [6.07, 6.45) is 4.75. The maximum Gasteiger partial charge on any atom is 0.251 e. The van der Waals surface area contributed by atoms with Crippen molar-refractivity contribution in [2.75, 3.05) is 26.3 Å². The Morgan fingerprint density at radius 2 is 1.92 bits per heavy atom. The summed E-state index contributed by atoms with van der Waals surface area (Å²) >= 11 is 0. The molecule has 1 saturated carbocycles. The van der Waals surface area contributed by atoms with E-state index in [1.165, 1.54) is 0 Å². The van der Waals surface area contributed by atoms with Gasteiger partial charge in [-0.15, -0.1) is 0 Å². The minimum Gasteiger partial charge on any atom is -0.490 e. The van der Waals surface area contributed by atoms with Crippen LogP contribution in [0.5, 0.6) is 5.75 Å². The molecule has 26 heavy (non-hydrogen) atoms. The van der Waals surface area contributed by atoms with Crippen LogP contribution >= 0.6 is 0 Å². The first-order valence-corrected chi connectivity index (χ1v) is 9.63.